The van der Waals surface area contributed by atoms with Crippen LogP contribution >= 0.6 is 0 Å². The van der Waals surface area contributed by atoms with Gasteiger partial charge < -0.3 is 20.1 Å². The second-order valence-corrected chi connectivity index (χ2v) is 6.65. The molecule has 1 fully saturated rings. The molecule has 4 rings (SSSR count). The predicted octanol–water partition coefficient (Wildman–Crippen LogP) is 2.38. The van der Waals surface area contributed by atoms with Crippen molar-refractivity contribution in [3.05, 3.63) is 71.3 Å². The number of carboxylic acid groups (broad SMARTS) is 1. The monoisotopic (exact) mass is 395 g/mol. The van der Waals surface area contributed by atoms with Gasteiger partial charge in [-0.3, -0.25) is 10.1 Å². The topological polar surface area (TPSA) is 108 Å². The molecule has 0 bridgehead atoms. The summed E-state index contributed by atoms with van der Waals surface area (Å²) in [6.45, 7) is 4.98. The van der Waals surface area contributed by atoms with E-state index >= 15 is 0 Å². The first-order valence-electron chi connectivity index (χ1n) is 8.82. The van der Waals surface area contributed by atoms with Crippen molar-refractivity contribution in [1.82, 2.24) is 15.5 Å². The van der Waals surface area contributed by atoms with Crippen LogP contribution in [-0.4, -0.2) is 42.1 Å². The van der Waals surface area contributed by atoms with Gasteiger partial charge in [-0.15, -0.1) is 0 Å². The van der Waals surface area contributed by atoms with Crippen LogP contribution in [0.2, 0.25) is 0 Å². The second-order valence-electron chi connectivity index (χ2n) is 6.65. The number of hydrogen-bond donors (Lipinski definition) is 3. The standard InChI is InChI=1S/C11H13NO.C10H8N2O4/c1-8-11-6-10(13-3)5-4-9(11)7-12(8)2;13-8-7(11-10(16)12-8)5-1-3-6(4-2-5)9(14)15/h4-6H,1,7H2,2-3H3;1-4,7H,(H,14,15)(H2,11,12,13,16). The minimum atomic E-state index is -1.04. The molecular weight excluding hydrogens is 374 g/mol. The minimum absolute atomic E-state index is 0.133. The summed E-state index contributed by atoms with van der Waals surface area (Å²) in [4.78, 5) is 34.9. The third-order valence-corrected chi connectivity index (χ3v) is 4.76. The number of benzene rings is 2. The number of ether oxygens (including phenoxy) is 1. The van der Waals surface area contributed by atoms with Crippen LogP contribution in [0, 0.1) is 0 Å². The van der Waals surface area contributed by atoms with Crippen molar-refractivity contribution in [2.24, 2.45) is 0 Å². The molecule has 3 amide bonds. The zero-order chi connectivity index (χ0) is 21.1. The summed E-state index contributed by atoms with van der Waals surface area (Å²) in [7, 11) is 3.73. The predicted molar refractivity (Wildman–Crippen MR) is 106 cm³/mol. The average Bonchev–Trinajstić information content (AvgIpc) is 3.20. The van der Waals surface area contributed by atoms with Crippen LogP contribution < -0.4 is 15.4 Å². The molecule has 0 radical (unpaired) electrons. The maximum Gasteiger partial charge on any atom is 0.335 e. The number of carbonyl (C=O) groups is 3. The molecule has 150 valence electrons. The lowest BCUT2D eigenvalue weighted by Crippen LogP contribution is -2.22. The molecular formula is C21H21N3O5. The Kier molecular flexibility index (Phi) is 5.54. The van der Waals surface area contributed by atoms with E-state index in [0.29, 0.717) is 5.56 Å². The summed E-state index contributed by atoms with van der Waals surface area (Å²) in [5.41, 5.74) is 4.30. The molecule has 0 saturated carbocycles. The van der Waals surface area contributed by atoms with Gasteiger partial charge in [0.25, 0.3) is 5.91 Å². The Morgan fingerprint density at radius 2 is 1.90 bits per heavy atom. The van der Waals surface area contributed by atoms with Gasteiger partial charge in [0.15, 0.2) is 0 Å². The molecule has 0 aromatic heterocycles. The molecule has 3 N–H and O–H groups in total. The number of rotatable bonds is 3. The molecule has 8 heteroatoms. The van der Waals surface area contributed by atoms with Gasteiger partial charge in [-0.25, -0.2) is 9.59 Å². The summed E-state index contributed by atoms with van der Waals surface area (Å²) in [5, 5.41) is 13.2. The maximum atomic E-state index is 11.3. The van der Waals surface area contributed by atoms with Gasteiger partial charge in [-0.05, 0) is 35.4 Å². The number of methoxy groups -OCH3 is 1. The van der Waals surface area contributed by atoms with Crippen LogP contribution in [0.4, 0.5) is 4.79 Å². The zero-order valence-electron chi connectivity index (χ0n) is 16.1. The highest BCUT2D eigenvalue weighted by molar-refractivity contribution is 6.04. The molecule has 1 saturated heterocycles. The van der Waals surface area contributed by atoms with Gasteiger partial charge in [0, 0.05) is 24.9 Å². The molecule has 2 aliphatic heterocycles. The number of hydrogen-bond acceptors (Lipinski definition) is 5. The lowest BCUT2D eigenvalue weighted by molar-refractivity contribution is -0.120. The van der Waals surface area contributed by atoms with E-state index in [1.165, 1.54) is 35.4 Å². The van der Waals surface area contributed by atoms with Crippen molar-refractivity contribution in [1.29, 1.82) is 0 Å². The Balaban J connectivity index is 0.000000169. The number of fused-ring (bicyclic) bond motifs is 1. The molecule has 2 heterocycles. The van der Waals surface area contributed by atoms with Crippen LogP contribution in [0.1, 0.15) is 33.1 Å². The van der Waals surface area contributed by atoms with Crippen LogP contribution in [0.15, 0.2) is 49.0 Å². The minimum Gasteiger partial charge on any atom is -0.497 e. The van der Waals surface area contributed by atoms with Gasteiger partial charge in [0.05, 0.1) is 12.7 Å². The Morgan fingerprint density at radius 1 is 1.21 bits per heavy atom. The Hall–Kier alpha value is -3.81. The summed E-state index contributed by atoms with van der Waals surface area (Å²) >= 11 is 0. The van der Waals surface area contributed by atoms with Crippen molar-refractivity contribution in [2.45, 2.75) is 12.6 Å². The van der Waals surface area contributed by atoms with E-state index in [9.17, 15) is 14.4 Å². The third kappa shape index (κ3) is 4.21. The van der Waals surface area contributed by atoms with Crippen molar-refractivity contribution in [3.8, 4) is 5.75 Å². The molecule has 2 aliphatic rings. The highest BCUT2D eigenvalue weighted by Gasteiger charge is 2.30. The van der Waals surface area contributed by atoms with E-state index in [-0.39, 0.29) is 5.56 Å². The first kappa shape index (κ1) is 19.9. The Morgan fingerprint density at radius 3 is 2.45 bits per heavy atom. The molecule has 8 nitrogen and oxygen atoms in total. The lowest BCUT2D eigenvalue weighted by atomic mass is 10.1. The molecule has 29 heavy (non-hydrogen) atoms. The van der Waals surface area contributed by atoms with Gasteiger partial charge in [0.1, 0.15) is 11.8 Å². The fourth-order valence-corrected chi connectivity index (χ4v) is 3.12. The third-order valence-electron chi connectivity index (χ3n) is 4.76. The number of nitrogens with one attached hydrogen (secondary N) is 2. The van der Waals surface area contributed by atoms with Crippen LogP contribution in [0.3, 0.4) is 0 Å². The first-order valence-corrected chi connectivity index (χ1v) is 8.82. The van der Waals surface area contributed by atoms with E-state index < -0.39 is 23.9 Å². The molecule has 1 unspecified atom stereocenters. The van der Waals surface area contributed by atoms with E-state index in [0.717, 1.165) is 18.0 Å². The largest absolute Gasteiger partial charge is 0.497 e. The quantitative estimate of drug-likeness (QED) is 0.689. The number of aromatic carboxylic acids is 1. The summed E-state index contributed by atoms with van der Waals surface area (Å²) in [6, 6.07) is 10.6. The molecule has 1 atom stereocenters. The first-order chi connectivity index (χ1) is 13.8. The summed E-state index contributed by atoms with van der Waals surface area (Å²) in [6.07, 6.45) is 0. The highest BCUT2D eigenvalue weighted by atomic mass is 16.5. The molecule has 0 aliphatic carbocycles. The smallest absolute Gasteiger partial charge is 0.335 e. The number of imide groups is 1. The number of carbonyl (C=O) groups excluding carboxylic acids is 2. The molecule has 2 aromatic rings. The maximum absolute atomic E-state index is 11.3. The van der Waals surface area contributed by atoms with Crippen molar-refractivity contribution < 1.29 is 24.2 Å². The Bertz CT molecular complexity index is 984. The number of carboxylic acids is 1. The Labute approximate surface area is 167 Å². The highest BCUT2D eigenvalue weighted by Crippen LogP contribution is 2.32. The van der Waals surface area contributed by atoms with Crippen molar-refractivity contribution in [3.63, 3.8) is 0 Å². The number of amides is 3. The van der Waals surface area contributed by atoms with Crippen molar-refractivity contribution >= 4 is 23.6 Å². The van der Waals surface area contributed by atoms with Gasteiger partial charge >= 0.3 is 12.0 Å². The fraction of sp³-hybridized carbons (Fsp3) is 0.190. The summed E-state index contributed by atoms with van der Waals surface area (Å²) < 4.78 is 5.16. The van der Waals surface area contributed by atoms with Crippen LogP contribution in [0.5, 0.6) is 5.75 Å². The van der Waals surface area contributed by atoms with E-state index in [1.54, 1.807) is 7.11 Å². The second kappa shape index (κ2) is 8.05. The van der Waals surface area contributed by atoms with Crippen LogP contribution in [0.25, 0.3) is 5.70 Å². The van der Waals surface area contributed by atoms with Crippen molar-refractivity contribution in [2.75, 3.05) is 14.2 Å². The van der Waals surface area contributed by atoms with Gasteiger partial charge in [0.2, 0.25) is 0 Å². The number of urea groups is 1. The van der Waals surface area contributed by atoms with Crippen LogP contribution in [-0.2, 0) is 11.3 Å². The lowest BCUT2D eigenvalue weighted by Gasteiger charge is -2.10. The average molecular weight is 395 g/mol. The fourth-order valence-electron chi connectivity index (χ4n) is 3.12. The van der Waals surface area contributed by atoms with E-state index in [4.69, 9.17) is 9.84 Å². The normalized spacial score (nSPS) is 17.1. The van der Waals surface area contributed by atoms with Gasteiger partial charge in [-0.1, -0.05) is 24.8 Å². The summed E-state index contributed by atoms with van der Waals surface area (Å²) in [5.74, 6) is -0.574. The van der Waals surface area contributed by atoms with E-state index in [2.05, 4.69) is 35.2 Å². The van der Waals surface area contributed by atoms with E-state index in [1.807, 2.05) is 12.1 Å². The molecule has 0 spiro atoms. The zero-order valence-corrected chi connectivity index (χ0v) is 16.1. The SMILES string of the molecule is C=C1c2cc(OC)ccc2CN1C.O=C1NC(=O)C(c2ccc(C(=O)O)cc2)N1. The molecule has 2 aromatic carbocycles. The number of nitrogens with zero attached hydrogens (tertiary/aromatic N) is 1. The van der Waals surface area contributed by atoms with Gasteiger partial charge in [-0.2, -0.15) is 0 Å².